The van der Waals surface area contributed by atoms with Gasteiger partial charge >= 0.3 is 6.03 Å². The van der Waals surface area contributed by atoms with Gasteiger partial charge in [-0.1, -0.05) is 30.0 Å². The molecule has 160 valence electrons. The normalized spacial score (nSPS) is 23.6. The summed E-state index contributed by atoms with van der Waals surface area (Å²) in [6.45, 7) is 2.62. The van der Waals surface area contributed by atoms with Crippen molar-refractivity contribution in [3.8, 4) is 0 Å². The standard InChI is InChI=1S/C18H22N6O4S2/c1-11-4-6-18(7-5-11)14(26)24(16(27)20-18)23-13(25)10-29-17-22-21-15(30-17)19-9-12-3-2-8-28-12/h2-3,8,11H,4-7,9-10H2,1H3,(H,19,21)(H,20,27)(H,23,25). The average molecular weight is 451 g/mol. The van der Waals surface area contributed by atoms with Crippen LogP contribution >= 0.6 is 23.1 Å². The van der Waals surface area contributed by atoms with E-state index in [9.17, 15) is 14.4 Å². The van der Waals surface area contributed by atoms with Crippen molar-refractivity contribution in [2.45, 2.75) is 49.0 Å². The van der Waals surface area contributed by atoms with Crippen LogP contribution in [-0.4, -0.2) is 44.3 Å². The first-order valence-corrected chi connectivity index (χ1v) is 11.4. The fraction of sp³-hybridized carbons (Fsp3) is 0.500. The third kappa shape index (κ3) is 4.43. The number of urea groups is 1. The van der Waals surface area contributed by atoms with Crippen LogP contribution in [0, 0.1) is 5.92 Å². The largest absolute Gasteiger partial charge is 0.467 e. The number of thioether (sulfide) groups is 1. The van der Waals surface area contributed by atoms with Crippen LogP contribution in [-0.2, 0) is 16.1 Å². The lowest BCUT2D eigenvalue weighted by Gasteiger charge is -2.33. The number of carbonyl (C=O) groups is 3. The molecule has 1 saturated carbocycles. The maximum absolute atomic E-state index is 12.8. The van der Waals surface area contributed by atoms with Gasteiger partial charge in [0.1, 0.15) is 11.3 Å². The first-order valence-electron chi connectivity index (χ1n) is 9.64. The Morgan fingerprint density at radius 3 is 2.93 bits per heavy atom. The number of aromatic nitrogens is 2. The van der Waals surface area contributed by atoms with E-state index in [0.29, 0.717) is 34.8 Å². The summed E-state index contributed by atoms with van der Waals surface area (Å²) in [6, 6.07) is 3.08. The van der Waals surface area contributed by atoms with Gasteiger partial charge in [0.25, 0.3) is 5.91 Å². The molecule has 0 aromatic carbocycles. The maximum atomic E-state index is 12.8. The molecule has 0 radical (unpaired) electrons. The lowest BCUT2D eigenvalue weighted by Crippen LogP contribution is -2.51. The summed E-state index contributed by atoms with van der Waals surface area (Å²) in [4.78, 5) is 37.3. The van der Waals surface area contributed by atoms with Gasteiger partial charge in [-0.2, -0.15) is 5.01 Å². The van der Waals surface area contributed by atoms with Crippen molar-refractivity contribution in [3.63, 3.8) is 0 Å². The molecule has 1 spiro atoms. The third-order valence-electron chi connectivity index (χ3n) is 5.25. The van der Waals surface area contributed by atoms with Gasteiger partial charge in [0.05, 0.1) is 18.6 Å². The minimum Gasteiger partial charge on any atom is -0.467 e. The van der Waals surface area contributed by atoms with Crippen LogP contribution in [0.5, 0.6) is 0 Å². The van der Waals surface area contributed by atoms with Crippen LogP contribution < -0.4 is 16.1 Å². The molecule has 4 amide bonds. The number of nitrogens with one attached hydrogen (secondary N) is 3. The molecule has 1 aliphatic carbocycles. The highest BCUT2D eigenvalue weighted by Crippen LogP contribution is 2.35. The smallest absolute Gasteiger partial charge is 0.344 e. The van der Waals surface area contributed by atoms with E-state index in [1.807, 2.05) is 6.07 Å². The third-order valence-corrected chi connectivity index (χ3v) is 7.27. The van der Waals surface area contributed by atoms with E-state index in [1.165, 1.54) is 23.1 Å². The fourth-order valence-electron chi connectivity index (χ4n) is 3.52. The molecule has 3 heterocycles. The SMILES string of the molecule is CC1CCC2(CC1)NC(=O)N(NC(=O)CSc1nnc(NCc3ccco3)s1)C2=O. The van der Waals surface area contributed by atoms with Crippen molar-refractivity contribution in [2.75, 3.05) is 11.1 Å². The first kappa shape index (κ1) is 20.7. The lowest BCUT2D eigenvalue weighted by atomic mass is 9.77. The number of hydrogen-bond acceptors (Lipinski definition) is 9. The zero-order valence-electron chi connectivity index (χ0n) is 16.3. The molecule has 3 N–H and O–H groups in total. The number of furan rings is 1. The van der Waals surface area contributed by atoms with Gasteiger partial charge in [-0.05, 0) is 43.7 Å². The maximum Gasteiger partial charge on any atom is 0.344 e. The quantitative estimate of drug-likeness (QED) is 0.433. The Hall–Kier alpha value is -2.60. The molecule has 12 heteroatoms. The van der Waals surface area contributed by atoms with E-state index < -0.39 is 17.5 Å². The second-order valence-corrected chi connectivity index (χ2v) is 9.67. The predicted molar refractivity (Wildman–Crippen MR) is 111 cm³/mol. The molecule has 1 aliphatic heterocycles. The summed E-state index contributed by atoms with van der Waals surface area (Å²) in [5, 5.41) is 15.3. The lowest BCUT2D eigenvalue weighted by molar-refractivity contribution is -0.139. The summed E-state index contributed by atoms with van der Waals surface area (Å²) in [5.41, 5.74) is 1.55. The van der Waals surface area contributed by atoms with Crippen molar-refractivity contribution in [1.29, 1.82) is 0 Å². The molecule has 4 rings (SSSR count). The summed E-state index contributed by atoms with van der Waals surface area (Å²) in [7, 11) is 0. The molecular weight excluding hydrogens is 428 g/mol. The number of imide groups is 1. The Morgan fingerprint density at radius 2 is 2.20 bits per heavy atom. The number of hydrazine groups is 1. The molecule has 1 saturated heterocycles. The summed E-state index contributed by atoms with van der Waals surface area (Å²) < 4.78 is 5.84. The first-order chi connectivity index (χ1) is 14.4. The Kier molecular flexibility index (Phi) is 5.95. The Morgan fingerprint density at radius 1 is 1.40 bits per heavy atom. The number of carbonyl (C=O) groups excluding carboxylic acids is 3. The van der Waals surface area contributed by atoms with Crippen LogP contribution in [0.1, 0.15) is 38.4 Å². The van der Waals surface area contributed by atoms with Crippen molar-refractivity contribution in [2.24, 2.45) is 5.92 Å². The Bertz CT molecular complexity index is 923. The molecule has 2 aliphatic rings. The minimum atomic E-state index is -0.877. The summed E-state index contributed by atoms with van der Waals surface area (Å²) >= 11 is 2.49. The van der Waals surface area contributed by atoms with Gasteiger partial charge < -0.3 is 15.1 Å². The second-order valence-electron chi connectivity index (χ2n) is 7.47. The zero-order valence-corrected chi connectivity index (χ0v) is 18.0. The summed E-state index contributed by atoms with van der Waals surface area (Å²) in [6.07, 6.45) is 4.53. The molecule has 2 aromatic heterocycles. The number of rotatable bonds is 7. The van der Waals surface area contributed by atoms with Crippen LogP contribution in [0.3, 0.4) is 0 Å². The van der Waals surface area contributed by atoms with Crippen molar-refractivity contribution in [3.05, 3.63) is 24.2 Å². The van der Waals surface area contributed by atoms with E-state index >= 15 is 0 Å². The molecule has 0 bridgehead atoms. The van der Waals surface area contributed by atoms with Crippen molar-refractivity contribution < 1.29 is 18.8 Å². The monoisotopic (exact) mass is 450 g/mol. The Labute approximate surface area is 181 Å². The van der Waals surface area contributed by atoms with E-state index in [-0.39, 0.29) is 11.7 Å². The van der Waals surface area contributed by atoms with E-state index in [4.69, 9.17) is 4.42 Å². The highest BCUT2D eigenvalue weighted by molar-refractivity contribution is 8.01. The van der Waals surface area contributed by atoms with Crippen molar-refractivity contribution >= 4 is 46.1 Å². The molecule has 0 atom stereocenters. The highest BCUT2D eigenvalue weighted by atomic mass is 32.2. The van der Waals surface area contributed by atoms with Crippen LogP contribution in [0.25, 0.3) is 0 Å². The van der Waals surface area contributed by atoms with E-state index in [2.05, 4.69) is 33.2 Å². The minimum absolute atomic E-state index is 0.00785. The number of anilines is 1. The topological polar surface area (TPSA) is 129 Å². The molecule has 0 unspecified atom stereocenters. The average Bonchev–Trinajstić information content (AvgIpc) is 3.45. The number of hydrogen-bond donors (Lipinski definition) is 3. The number of amides is 4. The van der Waals surface area contributed by atoms with Gasteiger partial charge in [-0.25, -0.2) is 4.79 Å². The van der Waals surface area contributed by atoms with E-state index in [0.717, 1.165) is 23.6 Å². The van der Waals surface area contributed by atoms with Gasteiger partial charge in [-0.15, -0.1) is 10.2 Å². The van der Waals surface area contributed by atoms with Gasteiger partial charge in [-0.3, -0.25) is 15.0 Å². The van der Waals surface area contributed by atoms with Gasteiger partial charge in [0, 0.05) is 0 Å². The molecule has 10 nitrogen and oxygen atoms in total. The van der Waals surface area contributed by atoms with E-state index in [1.54, 1.807) is 12.3 Å². The fourth-order valence-corrected chi connectivity index (χ4v) is 5.06. The van der Waals surface area contributed by atoms with Gasteiger partial charge in [0.2, 0.25) is 11.0 Å². The van der Waals surface area contributed by atoms with Crippen molar-refractivity contribution in [1.82, 2.24) is 25.9 Å². The second kappa shape index (κ2) is 8.64. The number of nitrogens with zero attached hydrogens (tertiary/aromatic N) is 3. The Balaban J connectivity index is 1.26. The van der Waals surface area contributed by atoms with Crippen LogP contribution in [0.2, 0.25) is 0 Å². The van der Waals surface area contributed by atoms with Crippen LogP contribution in [0.4, 0.5) is 9.93 Å². The molecule has 30 heavy (non-hydrogen) atoms. The van der Waals surface area contributed by atoms with Gasteiger partial charge in [0.15, 0.2) is 4.34 Å². The molecule has 2 fully saturated rings. The summed E-state index contributed by atoms with van der Waals surface area (Å²) in [5.74, 6) is 0.486. The zero-order chi connectivity index (χ0) is 21.1. The van der Waals surface area contributed by atoms with Crippen LogP contribution in [0.15, 0.2) is 27.2 Å². The highest BCUT2D eigenvalue weighted by Gasteiger charge is 2.52. The molecular formula is C18H22N6O4S2. The molecule has 2 aromatic rings. The predicted octanol–water partition coefficient (Wildman–Crippen LogP) is 2.37.